The predicted octanol–water partition coefficient (Wildman–Crippen LogP) is 4.59. The van der Waals surface area contributed by atoms with Gasteiger partial charge in [-0.25, -0.2) is 0 Å². The Balaban J connectivity index is 2.26. The van der Waals surface area contributed by atoms with Gasteiger partial charge in [0.15, 0.2) is 17.3 Å². The summed E-state index contributed by atoms with van der Waals surface area (Å²) in [6.45, 7) is 3.96. The van der Waals surface area contributed by atoms with E-state index in [2.05, 4.69) is 5.32 Å². The first kappa shape index (κ1) is 18.8. The van der Waals surface area contributed by atoms with Gasteiger partial charge in [-0.05, 0) is 37.6 Å². The lowest BCUT2D eigenvalue weighted by atomic mass is 10.1. The maximum Gasteiger partial charge on any atom is 0.255 e. The van der Waals surface area contributed by atoms with Crippen molar-refractivity contribution in [3.63, 3.8) is 0 Å². The van der Waals surface area contributed by atoms with Crippen molar-refractivity contribution in [1.82, 2.24) is 0 Å². The quantitative estimate of drug-likeness (QED) is 0.732. The molecule has 2 aromatic carbocycles. The van der Waals surface area contributed by atoms with Crippen LogP contribution in [0, 0.1) is 0 Å². The largest absolute Gasteiger partial charge is 0.493 e. The first-order valence-corrected chi connectivity index (χ1v) is 8.26. The minimum Gasteiger partial charge on any atom is -0.493 e. The second kappa shape index (κ2) is 8.53. The molecule has 0 aliphatic rings. The number of nitrogens with one attached hydrogen (secondary N) is 1. The summed E-state index contributed by atoms with van der Waals surface area (Å²) in [5.74, 6) is 0.380. The van der Waals surface area contributed by atoms with Gasteiger partial charge in [0.05, 0.1) is 18.7 Å². The minimum atomic E-state index is -0.358. The lowest BCUT2D eigenvalue weighted by molar-refractivity contribution is 0.101. The summed E-state index contributed by atoms with van der Waals surface area (Å²) in [6, 6.07) is 9.83. The van der Waals surface area contributed by atoms with Gasteiger partial charge in [0.2, 0.25) is 0 Å². The first-order valence-electron chi connectivity index (χ1n) is 7.89. The Morgan fingerprint density at radius 2 is 1.92 bits per heavy atom. The molecule has 0 unspecified atom stereocenters. The number of halogens is 1. The summed E-state index contributed by atoms with van der Waals surface area (Å²) in [5.41, 5.74) is 1.38. The summed E-state index contributed by atoms with van der Waals surface area (Å²) in [5, 5.41) is 3.05. The average molecular weight is 362 g/mol. The molecule has 0 aliphatic carbocycles. The van der Waals surface area contributed by atoms with E-state index < -0.39 is 0 Å². The molecule has 0 spiro atoms. The summed E-state index contributed by atoms with van der Waals surface area (Å²) < 4.78 is 10.9. The van der Waals surface area contributed by atoms with Gasteiger partial charge in [-0.2, -0.15) is 0 Å². The molecule has 0 fully saturated rings. The molecule has 132 valence electrons. The van der Waals surface area contributed by atoms with E-state index in [0.717, 1.165) is 6.42 Å². The van der Waals surface area contributed by atoms with Crippen LogP contribution in [0.4, 0.5) is 5.69 Å². The van der Waals surface area contributed by atoms with Crippen LogP contribution in [-0.2, 0) is 0 Å². The Morgan fingerprint density at radius 1 is 1.16 bits per heavy atom. The van der Waals surface area contributed by atoms with E-state index in [0.29, 0.717) is 39.9 Å². The zero-order valence-corrected chi connectivity index (χ0v) is 15.1. The molecule has 1 N–H and O–H groups in total. The molecule has 0 saturated heterocycles. The molecule has 0 radical (unpaired) electrons. The van der Waals surface area contributed by atoms with Crippen LogP contribution in [-0.4, -0.2) is 25.4 Å². The topological polar surface area (TPSA) is 64.6 Å². The molecule has 25 heavy (non-hydrogen) atoms. The van der Waals surface area contributed by atoms with Crippen LogP contribution < -0.4 is 14.8 Å². The number of benzene rings is 2. The fourth-order valence-electron chi connectivity index (χ4n) is 2.21. The zero-order chi connectivity index (χ0) is 18.4. The third-order valence-corrected chi connectivity index (χ3v) is 3.75. The van der Waals surface area contributed by atoms with Gasteiger partial charge in [-0.3, -0.25) is 9.59 Å². The van der Waals surface area contributed by atoms with Crippen molar-refractivity contribution < 1.29 is 19.1 Å². The number of hydrogen-bond donors (Lipinski definition) is 1. The smallest absolute Gasteiger partial charge is 0.255 e. The molecular weight excluding hydrogens is 342 g/mol. The number of ether oxygens (including phenoxy) is 2. The summed E-state index contributed by atoms with van der Waals surface area (Å²) in [7, 11) is 1.49. The first-order chi connectivity index (χ1) is 12.0. The number of ketones is 1. The lowest BCUT2D eigenvalue weighted by Gasteiger charge is -2.14. The molecule has 0 bridgehead atoms. The van der Waals surface area contributed by atoms with Gasteiger partial charge in [-0.1, -0.05) is 30.7 Å². The van der Waals surface area contributed by atoms with Crippen LogP contribution in [0.15, 0.2) is 36.4 Å². The SMILES string of the molecule is CCCOc1c(Cl)cc(C(=O)Nc2cccc(C(C)=O)c2)cc1OC. The van der Waals surface area contributed by atoms with Crippen molar-refractivity contribution in [3.05, 3.63) is 52.5 Å². The van der Waals surface area contributed by atoms with Gasteiger partial charge in [0.25, 0.3) is 5.91 Å². The standard InChI is InChI=1S/C19H20ClNO4/c1-4-8-25-18-16(20)10-14(11-17(18)24-3)19(23)21-15-7-5-6-13(9-15)12(2)22/h5-7,9-11H,4,8H2,1-3H3,(H,21,23). The average Bonchev–Trinajstić information content (AvgIpc) is 2.60. The monoisotopic (exact) mass is 361 g/mol. The normalized spacial score (nSPS) is 10.2. The molecule has 0 saturated carbocycles. The molecule has 6 heteroatoms. The number of carbonyl (C=O) groups is 2. The van der Waals surface area contributed by atoms with Crippen LogP contribution in [0.2, 0.25) is 5.02 Å². The summed E-state index contributed by atoms with van der Waals surface area (Å²) in [4.78, 5) is 23.9. The molecule has 2 rings (SSSR count). The van der Waals surface area contributed by atoms with Crippen molar-refractivity contribution in [2.75, 3.05) is 19.0 Å². The van der Waals surface area contributed by atoms with E-state index in [-0.39, 0.29) is 11.7 Å². The summed E-state index contributed by atoms with van der Waals surface area (Å²) in [6.07, 6.45) is 0.828. The second-order valence-electron chi connectivity index (χ2n) is 5.43. The maximum atomic E-state index is 12.5. The van der Waals surface area contributed by atoms with E-state index in [1.54, 1.807) is 30.3 Å². The van der Waals surface area contributed by atoms with E-state index in [1.807, 2.05) is 6.92 Å². The van der Waals surface area contributed by atoms with Crippen molar-refractivity contribution in [2.24, 2.45) is 0 Å². The summed E-state index contributed by atoms with van der Waals surface area (Å²) >= 11 is 6.23. The number of anilines is 1. The molecule has 5 nitrogen and oxygen atoms in total. The molecule has 0 aliphatic heterocycles. The zero-order valence-electron chi connectivity index (χ0n) is 14.4. The van der Waals surface area contributed by atoms with Gasteiger partial charge >= 0.3 is 0 Å². The number of carbonyl (C=O) groups excluding carboxylic acids is 2. The third kappa shape index (κ3) is 4.73. The van der Waals surface area contributed by atoms with E-state index >= 15 is 0 Å². The van der Waals surface area contributed by atoms with Crippen LogP contribution in [0.5, 0.6) is 11.5 Å². The fraction of sp³-hybridized carbons (Fsp3) is 0.263. The van der Waals surface area contributed by atoms with Crippen LogP contribution >= 0.6 is 11.6 Å². The van der Waals surface area contributed by atoms with Crippen LogP contribution in [0.25, 0.3) is 0 Å². The molecule has 0 heterocycles. The highest BCUT2D eigenvalue weighted by atomic mass is 35.5. The highest BCUT2D eigenvalue weighted by Crippen LogP contribution is 2.36. The van der Waals surface area contributed by atoms with Crippen molar-refractivity contribution >= 4 is 29.0 Å². The number of amides is 1. The molecule has 0 atom stereocenters. The van der Waals surface area contributed by atoms with E-state index in [9.17, 15) is 9.59 Å². The van der Waals surface area contributed by atoms with E-state index in [1.165, 1.54) is 20.1 Å². The predicted molar refractivity (Wildman–Crippen MR) is 98.2 cm³/mol. The Hall–Kier alpha value is -2.53. The number of methoxy groups -OCH3 is 1. The molecule has 0 aromatic heterocycles. The van der Waals surface area contributed by atoms with Crippen LogP contribution in [0.1, 0.15) is 41.0 Å². The third-order valence-electron chi connectivity index (χ3n) is 3.47. The van der Waals surface area contributed by atoms with Gasteiger partial charge in [0.1, 0.15) is 0 Å². The second-order valence-corrected chi connectivity index (χ2v) is 5.84. The Labute approximate surface area is 151 Å². The Morgan fingerprint density at radius 3 is 2.56 bits per heavy atom. The molecule has 1 amide bonds. The lowest BCUT2D eigenvalue weighted by Crippen LogP contribution is -2.13. The van der Waals surface area contributed by atoms with Gasteiger partial charge < -0.3 is 14.8 Å². The van der Waals surface area contributed by atoms with Crippen molar-refractivity contribution in [1.29, 1.82) is 0 Å². The van der Waals surface area contributed by atoms with Crippen molar-refractivity contribution in [3.8, 4) is 11.5 Å². The Kier molecular flexibility index (Phi) is 6.42. The minimum absolute atomic E-state index is 0.0711. The molecule has 2 aromatic rings. The maximum absolute atomic E-state index is 12.5. The van der Waals surface area contributed by atoms with E-state index in [4.69, 9.17) is 21.1 Å². The number of Topliss-reactive ketones (excluding diaryl/α,β-unsaturated/α-hetero) is 1. The molecular formula is C19H20ClNO4. The highest BCUT2D eigenvalue weighted by molar-refractivity contribution is 6.32. The van der Waals surface area contributed by atoms with Crippen LogP contribution in [0.3, 0.4) is 0 Å². The van der Waals surface area contributed by atoms with Gasteiger partial charge in [-0.15, -0.1) is 0 Å². The number of rotatable bonds is 7. The fourth-order valence-corrected chi connectivity index (χ4v) is 2.48. The van der Waals surface area contributed by atoms with Crippen molar-refractivity contribution in [2.45, 2.75) is 20.3 Å². The van der Waals surface area contributed by atoms with Gasteiger partial charge in [0, 0.05) is 16.8 Å². The number of hydrogen-bond acceptors (Lipinski definition) is 4. The highest BCUT2D eigenvalue weighted by Gasteiger charge is 2.16. The Bertz CT molecular complexity index is 789.